The van der Waals surface area contributed by atoms with Crippen molar-refractivity contribution in [3.63, 3.8) is 0 Å². The Kier molecular flexibility index (Phi) is 9.35. The van der Waals surface area contributed by atoms with Crippen LogP contribution in [-0.4, -0.2) is 17.4 Å². The standard InChI is InChI=1S/C25H27N3O3.ClH/c1-19(2)23-7-3-20(4-8-23)11-14-26-25(29)18-27-15-12-22(13-16-27)17-21-5-9-24(10-6-21)28(30)31;/h3-10,12-13,15-16,19H,11,14,17-18H2,1-2H3;1H. The molecular formula is C25H28ClN3O3. The number of nitro groups is 1. The molecule has 0 saturated carbocycles. The summed E-state index contributed by atoms with van der Waals surface area (Å²) in [6.45, 7) is 5.23. The number of hydrogen-bond donors (Lipinski definition) is 1. The number of amides is 1. The number of aromatic nitrogens is 1. The van der Waals surface area contributed by atoms with Crippen molar-refractivity contribution in [2.45, 2.75) is 39.2 Å². The number of pyridine rings is 1. The molecule has 1 amide bonds. The van der Waals surface area contributed by atoms with E-state index in [2.05, 4.69) is 43.4 Å². The number of nitrogens with zero attached hydrogens (tertiary/aromatic N) is 2. The van der Waals surface area contributed by atoms with Gasteiger partial charge in [0.25, 0.3) is 11.6 Å². The van der Waals surface area contributed by atoms with Crippen LogP contribution >= 0.6 is 0 Å². The predicted octanol–water partition coefficient (Wildman–Crippen LogP) is 0.959. The zero-order valence-electron chi connectivity index (χ0n) is 18.3. The van der Waals surface area contributed by atoms with Gasteiger partial charge in [0.15, 0.2) is 12.4 Å². The number of halogens is 1. The normalized spacial score (nSPS) is 10.5. The maximum absolute atomic E-state index is 12.2. The predicted molar refractivity (Wildman–Crippen MR) is 120 cm³/mol. The first-order chi connectivity index (χ1) is 14.9. The summed E-state index contributed by atoms with van der Waals surface area (Å²) in [5.74, 6) is 0.498. The number of hydrogen-bond acceptors (Lipinski definition) is 3. The third-order valence-electron chi connectivity index (χ3n) is 5.22. The summed E-state index contributed by atoms with van der Waals surface area (Å²) >= 11 is 0. The molecule has 0 fully saturated rings. The Labute approximate surface area is 194 Å². The van der Waals surface area contributed by atoms with Crippen LogP contribution in [0.15, 0.2) is 73.1 Å². The number of nitrogens with one attached hydrogen (secondary N) is 1. The van der Waals surface area contributed by atoms with Gasteiger partial charge >= 0.3 is 0 Å². The van der Waals surface area contributed by atoms with Crippen molar-refractivity contribution in [3.05, 3.63) is 105 Å². The maximum Gasteiger partial charge on any atom is 0.285 e. The molecule has 168 valence electrons. The lowest BCUT2D eigenvalue weighted by atomic mass is 10.0. The average Bonchev–Trinajstić information content (AvgIpc) is 2.76. The summed E-state index contributed by atoms with van der Waals surface area (Å²) in [6, 6.07) is 19.0. The molecule has 0 radical (unpaired) electrons. The largest absolute Gasteiger partial charge is 1.00 e. The zero-order chi connectivity index (χ0) is 22.2. The molecule has 0 saturated heterocycles. The molecule has 0 aliphatic rings. The number of rotatable bonds is 9. The molecule has 0 unspecified atom stereocenters. The summed E-state index contributed by atoms with van der Waals surface area (Å²) in [6.07, 6.45) is 5.25. The summed E-state index contributed by atoms with van der Waals surface area (Å²) in [5, 5.41) is 13.7. The minimum atomic E-state index is -0.400. The molecule has 2 aromatic carbocycles. The van der Waals surface area contributed by atoms with Crippen LogP contribution in [0, 0.1) is 10.1 Å². The van der Waals surface area contributed by atoms with Gasteiger partial charge in [0.05, 0.1) is 4.92 Å². The SMILES string of the molecule is CC(C)c1ccc(CCNC(=O)C[n+]2ccc(Cc3ccc([N+](=O)[O-])cc3)cc2)cc1.[Cl-]. The van der Waals surface area contributed by atoms with Crippen molar-refractivity contribution >= 4 is 11.6 Å². The molecule has 3 rings (SSSR count). The van der Waals surface area contributed by atoms with Gasteiger partial charge < -0.3 is 17.7 Å². The number of benzene rings is 2. The second-order valence-corrected chi connectivity index (χ2v) is 7.98. The summed E-state index contributed by atoms with van der Waals surface area (Å²) in [7, 11) is 0. The molecule has 0 bridgehead atoms. The van der Waals surface area contributed by atoms with Crippen LogP contribution in [0.3, 0.4) is 0 Å². The highest BCUT2D eigenvalue weighted by molar-refractivity contribution is 5.74. The van der Waals surface area contributed by atoms with Crippen molar-refractivity contribution in [3.8, 4) is 0 Å². The molecule has 6 nitrogen and oxygen atoms in total. The smallest absolute Gasteiger partial charge is 0.285 e. The van der Waals surface area contributed by atoms with E-state index in [-0.39, 0.29) is 30.5 Å². The second-order valence-electron chi connectivity index (χ2n) is 7.98. The quantitative estimate of drug-likeness (QED) is 0.298. The van der Waals surface area contributed by atoms with E-state index in [0.717, 1.165) is 17.5 Å². The number of non-ortho nitro benzene ring substituents is 1. The Bertz CT molecular complexity index is 1020. The van der Waals surface area contributed by atoms with Gasteiger partial charge in [-0.1, -0.05) is 50.2 Å². The van der Waals surface area contributed by atoms with Gasteiger partial charge in [0.2, 0.25) is 6.54 Å². The van der Waals surface area contributed by atoms with Crippen LogP contribution in [0.5, 0.6) is 0 Å². The van der Waals surface area contributed by atoms with Gasteiger partial charge in [-0.3, -0.25) is 14.9 Å². The van der Waals surface area contributed by atoms with Gasteiger partial charge in [-0.15, -0.1) is 0 Å². The lowest BCUT2D eigenvalue weighted by Crippen LogP contribution is -3.00. The van der Waals surface area contributed by atoms with Crippen LogP contribution in [0.2, 0.25) is 0 Å². The highest BCUT2D eigenvalue weighted by Crippen LogP contribution is 2.15. The molecule has 3 aromatic rings. The third kappa shape index (κ3) is 7.46. The van der Waals surface area contributed by atoms with E-state index in [4.69, 9.17) is 0 Å². The molecule has 0 atom stereocenters. The maximum atomic E-state index is 12.2. The topological polar surface area (TPSA) is 76.1 Å². The van der Waals surface area contributed by atoms with E-state index in [1.165, 1.54) is 23.3 Å². The van der Waals surface area contributed by atoms with E-state index in [1.807, 2.05) is 29.1 Å². The molecule has 1 heterocycles. The molecule has 0 spiro atoms. The molecule has 1 aromatic heterocycles. The molecule has 7 heteroatoms. The monoisotopic (exact) mass is 453 g/mol. The molecule has 0 aliphatic carbocycles. The molecular weight excluding hydrogens is 426 g/mol. The molecule has 0 aliphatic heterocycles. The van der Waals surface area contributed by atoms with E-state index < -0.39 is 4.92 Å². The van der Waals surface area contributed by atoms with Crippen LogP contribution in [-0.2, 0) is 24.2 Å². The first-order valence-electron chi connectivity index (χ1n) is 10.5. The number of carbonyl (C=O) groups is 1. The second kappa shape index (κ2) is 12.0. The third-order valence-corrected chi connectivity index (χ3v) is 5.22. The van der Waals surface area contributed by atoms with Crippen molar-refractivity contribution in [1.29, 1.82) is 0 Å². The van der Waals surface area contributed by atoms with Gasteiger partial charge in [-0.05, 0) is 41.0 Å². The first kappa shape index (κ1) is 25.0. The van der Waals surface area contributed by atoms with E-state index in [0.29, 0.717) is 18.9 Å². The fourth-order valence-electron chi connectivity index (χ4n) is 3.32. The summed E-state index contributed by atoms with van der Waals surface area (Å²) in [5.41, 5.74) is 4.71. The summed E-state index contributed by atoms with van der Waals surface area (Å²) in [4.78, 5) is 22.6. The van der Waals surface area contributed by atoms with Crippen LogP contribution in [0.4, 0.5) is 5.69 Å². The van der Waals surface area contributed by atoms with Gasteiger partial charge in [0, 0.05) is 30.8 Å². The van der Waals surface area contributed by atoms with Crippen LogP contribution in [0.1, 0.15) is 42.0 Å². The van der Waals surface area contributed by atoms with E-state index in [1.54, 1.807) is 12.1 Å². The number of nitro benzene ring substituents is 1. The van der Waals surface area contributed by atoms with Crippen molar-refractivity contribution in [1.82, 2.24) is 5.32 Å². The van der Waals surface area contributed by atoms with Crippen molar-refractivity contribution in [2.75, 3.05) is 6.54 Å². The van der Waals surface area contributed by atoms with Crippen molar-refractivity contribution < 1.29 is 26.7 Å². The highest BCUT2D eigenvalue weighted by Gasteiger charge is 2.10. The molecule has 32 heavy (non-hydrogen) atoms. The minimum Gasteiger partial charge on any atom is -1.00 e. The van der Waals surface area contributed by atoms with Gasteiger partial charge in [-0.25, -0.2) is 0 Å². The van der Waals surface area contributed by atoms with Crippen molar-refractivity contribution in [2.24, 2.45) is 0 Å². The fraction of sp³-hybridized carbons (Fsp3) is 0.280. The Morgan fingerprint density at radius 2 is 1.50 bits per heavy atom. The Balaban J connectivity index is 0.00000363. The average molecular weight is 454 g/mol. The lowest BCUT2D eigenvalue weighted by molar-refractivity contribution is -0.684. The highest BCUT2D eigenvalue weighted by atomic mass is 35.5. The zero-order valence-corrected chi connectivity index (χ0v) is 19.1. The van der Waals surface area contributed by atoms with Gasteiger partial charge in [-0.2, -0.15) is 4.57 Å². The lowest BCUT2D eigenvalue weighted by Gasteiger charge is -2.07. The van der Waals surface area contributed by atoms with Gasteiger partial charge in [0.1, 0.15) is 0 Å². The minimum absolute atomic E-state index is 0. The first-order valence-corrected chi connectivity index (χ1v) is 10.5. The Hall–Kier alpha value is -3.25. The fourth-order valence-corrected chi connectivity index (χ4v) is 3.32. The van der Waals surface area contributed by atoms with E-state index in [9.17, 15) is 14.9 Å². The number of carbonyl (C=O) groups excluding carboxylic acids is 1. The Morgan fingerprint density at radius 3 is 2.06 bits per heavy atom. The Morgan fingerprint density at radius 1 is 0.938 bits per heavy atom. The van der Waals surface area contributed by atoms with E-state index >= 15 is 0 Å². The van der Waals surface area contributed by atoms with Crippen LogP contribution in [0.25, 0.3) is 0 Å². The van der Waals surface area contributed by atoms with Crippen LogP contribution < -0.4 is 22.3 Å². The molecule has 1 N–H and O–H groups in total. The summed E-state index contributed by atoms with van der Waals surface area (Å²) < 4.78 is 1.84.